The highest BCUT2D eigenvalue weighted by Crippen LogP contribution is 2.48. The molecule has 4 atom stereocenters. The summed E-state index contributed by atoms with van der Waals surface area (Å²) in [6, 6.07) is 6.15. The van der Waals surface area contributed by atoms with E-state index in [4.69, 9.17) is 5.73 Å². The fraction of sp³-hybridized carbons (Fsp3) is 0.600. The molecule has 3 aliphatic rings. The maximum atomic E-state index is 13.0. The average molecular weight is 426 g/mol. The minimum Gasteiger partial charge on any atom is -0.340 e. The molecule has 2 saturated carbocycles. The first kappa shape index (κ1) is 21.4. The van der Waals surface area contributed by atoms with Crippen molar-refractivity contribution in [1.82, 2.24) is 19.2 Å². The summed E-state index contributed by atoms with van der Waals surface area (Å²) in [5.74, 6) is 1.53. The zero-order chi connectivity index (χ0) is 17.7. The number of fused-ring (bicyclic) bond motifs is 3. The number of aromatic nitrogens is 2. The Morgan fingerprint density at radius 3 is 2.54 bits per heavy atom. The summed E-state index contributed by atoms with van der Waals surface area (Å²) in [6.45, 7) is 4.29. The topological polar surface area (TPSA) is 66.9 Å². The molecule has 5 rings (SSSR count). The molecular formula is C20H29Cl2N5O. The fourth-order valence-corrected chi connectivity index (χ4v) is 5.33. The molecule has 0 aromatic carbocycles. The van der Waals surface area contributed by atoms with Crippen LogP contribution in [0, 0.1) is 17.8 Å². The molecule has 0 radical (unpaired) electrons. The Hall–Kier alpha value is -1.34. The molecular weight excluding hydrogens is 397 g/mol. The van der Waals surface area contributed by atoms with Crippen LogP contribution in [-0.2, 0) is 11.3 Å². The predicted octanol–water partition coefficient (Wildman–Crippen LogP) is 2.20. The molecule has 4 unspecified atom stereocenters. The van der Waals surface area contributed by atoms with Crippen molar-refractivity contribution >= 4 is 36.4 Å². The maximum absolute atomic E-state index is 13.0. The number of hydrogen-bond donors (Lipinski definition) is 1. The Balaban J connectivity index is 0.00000112. The van der Waals surface area contributed by atoms with Gasteiger partial charge in [0.2, 0.25) is 5.91 Å². The lowest BCUT2D eigenvalue weighted by Crippen LogP contribution is -2.53. The van der Waals surface area contributed by atoms with Crippen molar-refractivity contribution in [2.45, 2.75) is 31.8 Å². The lowest BCUT2D eigenvalue weighted by molar-refractivity contribution is -0.139. The van der Waals surface area contributed by atoms with Crippen LogP contribution < -0.4 is 5.73 Å². The van der Waals surface area contributed by atoms with Crippen LogP contribution in [0.15, 0.2) is 30.6 Å². The van der Waals surface area contributed by atoms with Gasteiger partial charge in [-0.25, -0.2) is 4.98 Å². The second-order valence-corrected chi connectivity index (χ2v) is 8.24. The van der Waals surface area contributed by atoms with Crippen LogP contribution in [0.5, 0.6) is 0 Å². The first-order valence-electron chi connectivity index (χ1n) is 9.88. The van der Waals surface area contributed by atoms with Crippen LogP contribution in [0.4, 0.5) is 0 Å². The molecule has 2 N–H and O–H groups in total. The van der Waals surface area contributed by atoms with Crippen molar-refractivity contribution in [3.05, 3.63) is 36.3 Å². The Morgan fingerprint density at radius 2 is 1.86 bits per heavy atom. The average Bonchev–Trinajstić information content (AvgIpc) is 3.35. The van der Waals surface area contributed by atoms with E-state index in [0.29, 0.717) is 17.7 Å². The smallest absolute Gasteiger partial charge is 0.227 e. The standard InChI is InChI=1S/C20H27N5O.2ClH/c21-19-15-5-4-14(11-15)18(19)20(26)24-9-7-23(8-10-24)12-16-13-25-6-2-1-3-17(25)22-16;;/h1-3,6,13-15,18-19H,4-5,7-12,21H2;2*1H. The number of halogens is 2. The Labute approximate surface area is 178 Å². The van der Waals surface area contributed by atoms with E-state index in [1.165, 1.54) is 19.3 Å². The van der Waals surface area contributed by atoms with Gasteiger partial charge in [0.15, 0.2) is 0 Å². The summed E-state index contributed by atoms with van der Waals surface area (Å²) in [6.07, 6.45) is 7.72. The Morgan fingerprint density at radius 1 is 1.11 bits per heavy atom. The van der Waals surface area contributed by atoms with Gasteiger partial charge in [-0.3, -0.25) is 9.69 Å². The van der Waals surface area contributed by atoms with Crippen molar-refractivity contribution < 1.29 is 4.79 Å². The van der Waals surface area contributed by atoms with Crippen LogP contribution in [0.25, 0.3) is 5.65 Å². The van der Waals surface area contributed by atoms with Crippen LogP contribution in [0.1, 0.15) is 25.0 Å². The molecule has 3 heterocycles. The number of rotatable bonds is 3. The Kier molecular flexibility index (Phi) is 6.54. The van der Waals surface area contributed by atoms with Crippen LogP contribution in [0.3, 0.4) is 0 Å². The fourth-order valence-electron chi connectivity index (χ4n) is 5.33. The summed E-state index contributed by atoms with van der Waals surface area (Å²) in [7, 11) is 0. The van der Waals surface area contributed by atoms with Crippen molar-refractivity contribution in [3.8, 4) is 0 Å². The molecule has 2 bridgehead atoms. The zero-order valence-corrected chi connectivity index (χ0v) is 17.6. The first-order valence-corrected chi connectivity index (χ1v) is 9.88. The molecule has 0 spiro atoms. The zero-order valence-electron chi connectivity index (χ0n) is 15.9. The van der Waals surface area contributed by atoms with Crippen LogP contribution >= 0.6 is 24.8 Å². The van der Waals surface area contributed by atoms with E-state index in [-0.39, 0.29) is 36.8 Å². The highest BCUT2D eigenvalue weighted by atomic mass is 35.5. The molecule has 1 aliphatic heterocycles. The number of pyridine rings is 1. The summed E-state index contributed by atoms with van der Waals surface area (Å²) < 4.78 is 2.06. The number of imidazole rings is 1. The van der Waals surface area contributed by atoms with Crippen molar-refractivity contribution in [1.29, 1.82) is 0 Å². The van der Waals surface area contributed by atoms with E-state index in [9.17, 15) is 4.79 Å². The molecule has 2 aromatic rings. The SMILES string of the molecule is Cl.Cl.NC1C2CCC(C2)C1C(=O)N1CCN(Cc2cn3ccccc3n2)CC1. The van der Waals surface area contributed by atoms with E-state index in [0.717, 1.165) is 44.1 Å². The van der Waals surface area contributed by atoms with Gasteiger partial charge in [-0.2, -0.15) is 0 Å². The van der Waals surface area contributed by atoms with E-state index >= 15 is 0 Å². The third kappa shape index (κ3) is 3.75. The minimum absolute atomic E-state index is 0. The molecule has 2 aromatic heterocycles. The summed E-state index contributed by atoms with van der Waals surface area (Å²) >= 11 is 0. The second kappa shape index (κ2) is 8.57. The number of amides is 1. The second-order valence-electron chi connectivity index (χ2n) is 8.24. The third-order valence-corrected chi connectivity index (χ3v) is 6.75. The number of carbonyl (C=O) groups is 1. The number of hydrogen-bond acceptors (Lipinski definition) is 4. The maximum Gasteiger partial charge on any atom is 0.227 e. The number of nitrogens with zero attached hydrogens (tertiary/aromatic N) is 4. The molecule has 6 nitrogen and oxygen atoms in total. The van der Waals surface area contributed by atoms with Gasteiger partial charge < -0.3 is 15.0 Å². The number of carbonyl (C=O) groups excluding carboxylic acids is 1. The van der Waals surface area contributed by atoms with Gasteiger partial charge in [0.1, 0.15) is 5.65 Å². The van der Waals surface area contributed by atoms with E-state index in [1.807, 2.05) is 24.4 Å². The third-order valence-electron chi connectivity index (χ3n) is 6.75. The lowest BCUT2D eigenvalue weighted by atomic mass is 9.84. The largest absolute Gasteiger partial charge is 0.340 e. The van der Waals surface area contributed by atoms with Gasteiger partial charge >= 0.3 is 0 Å². The highest BCUT2D eigenvalue weighted by molar-refractivity contribution is 5.85. The molecule has 3 fully saturated rings. The number of piperazine rings is 1. The molecule has 2 aliphatic carbocycles. The van der Waals surface area contributed by atoms with Gasteiger partial charge in [0.05, 0.1) is 11.6 Å². The van der Waals surface area contributed by atoms with E-state index in [1.54, 1.807) is 0 Å². The Bertz CT molecular complexity index is 785. The summed E-state index contributed by atoms with van der Waals surface area (Å²) in [5, 5.41) is 0. The minimum atomic E-state index is 0. The van der Waals surface area contributed by atoms with Gasteiger partial charge in [0, 0.05) is 51.2 Å². The molecule has 1 amide bonds. The molecule has 8 heteroatoms. The highest BCUT2D eigenvalue weighted by Gasteiger charge is 2.50. The number of nitrogens with two attached hydrogens (primary N) is 1. The quantitative estimate of drug-likeness (QED) is 0.817. The van der Waals surface area contributed by atoms with Crippen LogP contribution in [0.2, 0.25) is 0 Å². The first-order chi connectivity index (χ1) is 12.7. The molecule has 1 saturated heterocycles. The van der Waals surface area contributed by atoms with Crippen molar-refractivity contribution in [3.63, 3.8) is 0 Å². The lowest BCUT2D eigenvalue weighted by Gasteiger charge is -2.38. The normalized spacial score (nSPS) is 29.5. The molecule has 154 valence electrons. The van der Waals surface area contributed by atoms with Crippen molar-refractivity contribution in [2.75, 3.05) is 26.2 Å². The summed E-state index contributed by atoms with van der Waals surface area (Å²) in [5.41, 5.74) is 8.45. The molecule has 28 heavy (non-hydrogen) atoms. The summed E-state index contributed by atoms with van der Waals surface area (Å²) in [4.78, 5) is 22.1. The van der Waals surface area contributed by atoms with Gasteiger partial charge in [-0.15, -0.1) is 24.8 Å². The van der Waals surface area contributed by atoms with E-state index < -0.39 is 0 Å². The van der Waals surface area contributed by atoms with Gasteiger partial charge in [-0.05, 0) is 43.2 Å². The predicted molar refractivity (Wildman–Crippen MR) is 114 cm³/mol. The van der Waals surface area contributed by atoms with Gasteiger partial charge in [0.25, 0.3) is 0 Å². The van der Waals surface area contributed by atoms with Crippen molar-refractivity contribution in [2.24, 2.45) is 23.5 Å². The van der Waals surface area contributed by atoms with Gasteiger partial charge in [-0.1, -0.05) is 6.07 Å². The van der Waals surface area contributed by atoms with E-state index in [2.05, 4.69) is 25.4 Å². The monoisotopic (exact) mass is 425 g/mol. The van der Waals surface area contributed by atoms with Crippen LogP contribution in [-0.4, -0.2) is 57.3 Å².